The standard InChI is InChI=1S/C20H12Cl2F5N5O/c21-13-3-5-16-11(7-13)1-6-17(29-16)19(23,24)18(33,9-32-10-28-30-31-32)14-4-2-12(8-15(14)22)20(25,26)27/h1-8,10,33H,9H2. The first-order valence-corrected chi connectivity index (χ1v) is 9.92. The number of hydrogen-bond donors (Lipinski definition) is 1. The molecule has 13 heteroatoms. The van der Waals surface area contributed by atoms with E-state index in [0.29, 0.717) is 28.6 Å². The van der Waals surface area contributed by atoms with Gasteiger partial charge in [-0.05, 0) is 46.8 Å². The fourth-order valence-corrected chi connectivity index (χ4v) is 3.87. The number of nitrogens with zero attached hydrogens (tertiary/aromatic N) is 5. The van der Waals surface area contributed by atoms with Gasteiger partial charge in [-0.1, -0.05) is 35.3 Å². The molecule has 0 spiro atoms. The number of tetrazole rings is 1. The molecule has 1 unspecified atom stereocenters. The van der Waals surface area contributed by atoms with Gasteiger partial charge in [-0.15, -0.1) is 5.10 Å². The van der Waals surface area contributed by atoms with Crippen LogP contribution in [0.2, 0.25) is 10.0 Å². The molecule has 0 amide bonds. The van der Waals surface area contributed by atoms with Crippen LogP contribution in [0.15, 0.2) is 54.9 Å². The molecule has 0 aliphatic carbocycles. The first-order valence-electron chi connectivity index (χ1n) is 9.17. The van der Waals surface area contributed by atoms with E-state index < -0.39 is 46.1 Å². The van der Waals surface area contributed by atoms with Crippen molar-refractivity contribution in [2.75, 3.05) is 0 Å². The lowest BCUT2D eigenvalue weighted by atomic mass is 9.84. The van der Waals surface area contributed by atoms with Crippen LogP contribution in [0.5, 0.6) is 0 Å². The second-order valence-corrected chi connectivity index (χ2v) is 8.01. The molecule has 0 bridgehead atoms. The highest BCUT2D eigenvalue weighted by atomic mass is 35.5. The summed E-state index contributed by atoms with van der Waals surface area (Å²) >= 11 is 11.9. The number of alkyl halides is 5. The molecule has 4 aromatic rings. The van der Waals surface area contributed by atoms with Gasteiger partial charge in [0, 0.05) is 21.0 Å². The number of halogens is 7. The number of fused-ring (bicyclic) bond motifs is 1. The Morgan fingerprint density at radius 2 is 1.70 bits per heavy atom. The first-order chi connectivity index (χ1) is 15.4. The van der Waals surface area contributed by atoms with E-state index in [1.807, 2.05) is 0 Å². The highest BCUT2D eigenvalue weighted by Crippen LogP contribution is 2.48. The Balaban J connectivity index is 1.89. The third kappa shape index (κ3) is 4.23. The molecular weight excluding hydrogens is 492 g/mol. The quantitative estimate of drug-likeness (QED) is 0.377. The number of aliphatic hydroxyl groups is 1. The molecule has 33 heavy (non-hydrogen) atoms. The maximum absolute atomic E-state index is 15.9. The van der Waals surface area contributed by atoms with E-state index in [4.69, 9.17) is 23.2 Å². The average molecular weight is 504 g/mol. The third-order valence-electron chi connectivity index (χ3n) is 5.02. The van der Waals surface area contributed by atoms with Gasteiger partial charge in [0.25, 0.3) is 0 Å². The second-order valence-electron chi connectivity index (χ2n) is 7.17. The van der Waals surface area contributed by atoms with Crippen LogP contribution < -0.4 is 0 Å². The van der Waals surface area contributed by atoms with Gasteiger partial charge in [-0.2, -0.15) is 22.0 Å². The van der Waals surface area contributed by atoms with Crippen molar-refractivity contribution in [1.29, 1.82) is 0 Å². The summed E-state index contributed by atoms with van der Waals surface area (Å²) < 4.78 is 71.8. The van der Waals surface area contributed by atoms with E-state index in [0.717, 1.165) is 17.1 Å². The van der Waals surface area contributed by atoms with Gasteiger partial charge in [0.05, 0.1) is 17.6 Å². The van der Waals surface area contributed by atoms with Gasteiger partial charge >= 0.3 is 12.1 Å². The van der Waals surface area contributed by atoms with Gasteiger partial charge in [0.15, 0.2) is 5.60 Å². The summed E-state index contributed by atoms with van der Waals surface area (Å²) in [5.74, 6) is -4.14. The highest BCUT2D eigenvalue weighted by Gasteiger charge is 2.57. The maximum atomic E-state index is 15.9. The van der Waals surface area contributed by atoms with Crippen LogP contribution in [0, 0.1) is 0 Å². The minimum atomic E-state index is -4.76. The SMILES string of the molecule is OC(Cn1cnnn1)(c1ccc(C(F)(F)F)cc1Cl)C(F)(F)c1ccc2cc(Cl)ccc2n1. The minimum absolute atomic E-state index is 0.167. The molecule has 2 aromatic carbocycles. The van der Waals surface area contributed by atoms with E-state index in [1.54, 1.807) is 0 Å². The maximum Gasteiger partial charge on any atom is 0.416 e. The van der Waals surface area contributed by atoms with Crippen molar-refractivity contribution in [2.24, 2.45) is 0 Å². The summed E-state index contributed by atoms with van der Waals surface area (Å²) in [5.41, 5.74) is -5.67. The summed E-state index contributed by atoms with van der Waals surface area (Å²) in [6.45, 7) is -0.932. The van der Waals surface area contributed by atoms with Crippen molar-refractivity contribution in [1.82, 2.24) is 25.2 Å². The normalized spacial score (nSPS) is 14.4. The van der Waals surface area contributed by atoms with Gasteiger partial charge in [-0.25, -0.2) is 9.67 Å². The molecule has 2 heterocycles. The van der Waals surface area contributed by atoms with Gasteiger partial charge in [0.1, 0.15) is 12.0 Å². The van der Waals surface area contributed by atoms with Gasteiger partial charge in [-0.3, -0.25) is 0 Å². The Morgan fingerprint density at radius 1 is 0.939 bits per heavy atom. The molecule has 0 saturated heterocycles. The summed E-state index contributed by atoms with van der Waals surface area (Å²) in [6, 6.07) is 8.44. The van der Waals surface area contributed by atoms with Crippen LogP contribution in [0.4, 0.5) is 22.0 Å². The molecule has 1 N–H and O–H groups in total. The fourth-order valence-electron chi connectivity index (χ4n) is 3.35. The van der Waals surface area contributed by atoms with Crippen molar-refractivity contribution < 1.29 is 27.1 Å². The molecule has 0 aliphatic heterocycles. The number of benzene rings is 2. The lowest BCUT2D eigenvalue weighted by Gasteiger charge is -2.36. The summed E-state index contributed by atoms with van der Waals surface area (Å²) in [5, 5.41) is 21.6. The zero-order valence-corrected chi connectivity index (χ0v) is 17.7. The summed E-state index contributed by atoms with van der Waals surface area (Å²) in [7, 11) is 0. The Hall–Kier alpha value is -2.89. The van der Waals surface area contributed by atoms with Crippen LogP contribution in [-0.4, -0.2) is 30.3 Å². The molecular formula is C20H12Cl2F5N5O. The van der Waals surface area contributed by atoms with Crippen molar-refractivity contribution in [2.45, 2.75) is 24.2 Å². The van der Waals surface area contributed by atoms with Crippen molar-refractivity contribution in [3.8, 4) is 0 Å². The van der Waals surface area contributed by atoms with E-state index >= 15 is 8.78 Å². The predicted octanol–water partition coefficient (Wildman–Crippen LogP) is 5.23. The molecule has 0 fully saturated rings. The molecule has 172 valence electrons. The largest absolute Gasteiger partial charge is 0.416 e. The van der Waals surface area contributed by atoms with Crippen molar-refractivity contribution >= 4 is 34.1 Å². The molecule has 4 rings (SSSR count). The van der Waals surface area contributed by atoms with E-state index in [1.165, 1.54) is 24.3 Å². The van der Waals surface area contributed by atoms with Crippen molar-refractivity contribution in [3.63, 3.8) is 0 Å². The molecule has 0 radical (unpaired) electrons. The second kappa shape index (κ2) is 8.15. The van der Waals surface area contributed by atoms with Crippen LogP contribution in [-0.2, 0) is 24.2 Å². The Kier molecular flexibility index (Phi) is 5.75. The fraction of sp³-hybridized carbons (Fsp3) is 0.200. The molecule has 6 nitrogen and oxygen atoms in total. The van der Waals surface area contributed by atoms with Crippen LogP contribution in [0.25, 0.3) is 10.9 Å². The summed E-state index contributed by atoms with van der Waals surface area (Å²) in [6.07, 6.45) is -3.80. The van der Waals surface area contributed by atoms with Crippen LogP contribution in [0.3, 0.4) is 0 Å². The van der Waals surface area contributed by atoms with Gasteiger partial charge in [0.2, 0.25) is 0 Å². The Morgan fingerprint density at radius 3 is 2.33 bits per heavy atom. The number of pyridine rings is 1. The zero-order chi connectivity index (χ0) is 24.0. The average Bonchev–Trinajstić information content (AvgIpc) is 3.25. The van der Waals surface area contributed by atoms with E-state index in [-0.39, 0.29) is 5.52 Å². The van der Waals surface area contributed by atoms with Gasteiger partial charge < -0.3 is 5.11 Å². The number of rotatable bonds is 5. The van der Waals surface area contributed by atoms with E-state index in [9.17, 15) is 18.3 Å². The zero-order valence-electron chi connectivity index (χ0n) is 16.2. The Labute approximate surface area is 192 Å². The third-order valence-corrected chi connectivity index (χ3v) is 5.56. The lowest BCUT2D eigenvalue weighted by molar-refractivity contribution is -0.206. The molecule has 0 saturated carbocycles. The highest BCUT2D eigenvalue weighted by molar-refractivity contribution is 6.31. The minimum Gasteiger partial charge on any atom is -0.377 e. The van der Waals surface area contributed by atoms with E-state index in [2.05, 4.69) is 20.5 Å². The topological polar surface area (TPSA) is 76.7 Å². The lowest BCUT2D eigenvalue weighted by Crippen LogP contribution is -2.47. The molecule has 0 aliphatic rings. The summed E-state index contributed by atoms with van der Waals surface area (Å²) in [4.78, 5) is 3.94. The first kappa shape index (κ1) is 23.3. The van der Waals surface area contributed by atoms with Crippen LogP contribution in [0.1, 0.15) is 16.8 Å². The number of aromatic nitrogens is 5. The van der Waals surface area contributed by atoms with Crippen LogP contribution >= 0.6 is 23.2 Å². The smallest absolute Gasteiger partial charge is 0.377 e. The molecule has 2 aromatic heterocycles. The van der Waals surface area contributed by atoms with Crippen molar-refractivity contribution in [3.05, 3.63) is 81.7 Å². The predicted molar refractivity (Wildman–Crippen MR) is 109 cm³/mol. The monoisotopic (exact) mass is 503 g/mol. The number of hydrogen-bond acceptors (Lipinski definition) is 5. The molecule has 1 atom stereocenters. The Bertz CT molecular complexity index is 1320.